The molecule has 24 heavy (non-hydrogen) atoms. The van der Waals surface area contributed by atoms with E-state index in [1.807, 2.05) is 58.9 Å². The molecule has 0 aliphatic rings. The van der Waals surface area contributed by atoms with E-state index in [0.29, 0.717) is 0 Å². The molecular weight excluding hydrogens is 397 g/mol. The van der Waals surface area contributed by atoms with Crippen LogP contribution in [0.1, 0.15) is 0 Å². The Morgan fingerprint density at radius 3 is 1.33 bits per heavy atom. The summed E-state index contributed by atoms with van der Waals surface area (Å²) in [5.41, 5.74) is 0. The second-order valence-electron chi connectivity index (χ2n) is 7.80. The third kappa shape index (κ3) is 9.49. The average molecular weight is 433 g/mol. The number of rotatable bonds is 11. The summed E-state index contributed by atoms with van der Waals surface area (Å²) in [6, 6.07) is 0. The third-order valence-corrected chi connectivity index (χ3v) is 20.6. The van der Waals surface area contributed by atoms with Crippen molar-refractivity contribution in [2.24, 2.45) is 0 Å². The highest BCUT2D eigenvalue weighted by atomic mass is 28.5. The molecule has 0 radical (unpaired) electrons. The minimum Gasteiger partial charge on any atom is -0.435 e. The lowest BCUT2D eigenvalue weighted by Crippen LogP contribution is -2.61. The molecule has 146 valence electrons. The van der Waals surface area contributed by atoms with Gasteiger partial charge in [0.05, 0.1) is 6.23 Å². The van der Waals surface area contributed by atoms with Crippen molar-refractivity contribution in [2.75, 3.05) is 20.4 Å². The first-order valence-electron chi connectivity index (χ1n) is 8.03. The summed E-state index contributed by atoms with van der Waals surface area (Å²) in [6.07, 6.45) is 0.0515. The van der Waals surface area contributed by atoms with E-state index in [1.165, 1.54) is 0 Å². The van der Waals surface area contributed by atoms with Gasteiger partial charge in [-0.25, -0.2) is 0 Å². The zero-order valence-corrected chi connectivity index (χ0v) is 22.1. The maximum Gasteiger partial charge on any atom is 0.479 e. The summed E-state index contributed by atoms with van der Waals surface area (Å²) in [4.78, 5) is 0. The van der Waals surface area contributed by atoms with Crippen LogP contribution in [0, 0.1) is 0 Å². The summed E-state index contributed by atoms with van der Waals surface area (Å²) in [6.45, 7) is 17.6. The van der Waals surface area contributed by atoms with Crippen molar-refractivity contribution < 1.29 is 30.4 Å². The van der Waals surface area contributed by atoms with Gasteiger partial charge >= 0.3 is 34.5 Å². The van der Waals surface area contributed by atoms with E-state index in [4.69, 9.17) is 25.3 Å². The molecule has 0 amide bonds. The SMILES string of the molecule is CO[Si](C)(C)O[Si](C)(C)O[Si](C)(OC)O[Si](C)(C)O[Si](C)(C)CO. The molecule has 0 aromatic heterocycles. The van der Waals surface area contributed by atoms with Gasteiger partial charge in [-0.1, -0.05) is 0 Å². The Bertz CT molecular complexity index is 371. The maximum atomic E-state index is 9.48. The molecule has 0 aromatic carbocycles. The zero-order chi connectivity index (χ0) is 19.4. The van der Waals surface area contributed by atoms with Crippen LogP contribution < -0.4 is 0 Å². The normalized spacial score (nSPS) is 17.0. The minimum absolute atomic E-state index is 0.0515. The lowest BCUT2D eigenvalue weighted by molar-refractivity contribution is 0.169. The van der Waals surface area contributed by atoms with Crippen LogP contribution in [-0.4, -0.2) is 68.4 Å². The van der Waals surface area contributed by atoms with Crippen molar-refractivity contribution >= 4 is 42.8 Å². The van der Waals surface area contributed by atoms with Crippen LogP contribution in [0.5, 0.6) is 0 Å². The molecule has 0 aliphatic carbocycles. The molecule has 1 N–H and O–H groups in total. The first kappa shape index (κ1) is 24.8. The van der Waals surface area contributed by atoms with Crippen LogP contribution in [-0.2, 0) is 25.3 Å². The highest BCUT2D eigenvalue weighted by Gasteiger charge is 2.49. The fourth-order valence-corrected chi connectivity index (χ4v) is 22.5. The van der Waals surface area contributed by atoms with Crippen molar-refractivity contribution in [3.63, 3.8) is 0 Å². The molecule has 12 heteroatoms. The quantitative estimate of drug-likeness (QED) is 0.503. The summed E-state index contributed by atoms with van der Waals surface area (Å²) in [5, 5.41) is 9.48. The van der Waals surface area contributed by atoms with E-state index in [9.17, 15) is 5.11 Å². The highest BCUT2D eigenvalue weighted by molar-refractivity contribution is 6.88. The predicted octanol–water partition coefficient (Wildman–Crippen LogP) is 2.76. The maximum absolute atomic E-state index is 9.48. The summed E-state index contributed by atoms with van der Waals surface area (Å²) >= 11 is 0. The Balaban J connectivity index is 5.14. The number of hydrogen-bond acceptors (Lipinski definition) is 7. The molecule has 0 bridgehead atoms. The smallest absolute Gasteiger partial charge is 0.435 e. The highest BCUT2D eigenvalue weighted by Crippen LogP contribution is 2.26. The van der Waals surface area contributed by atoms with Gasteiger partial charge in [0.15, 0.2) is 0 Å². The Morgan fingerprint density at radius 1 is 0.583 bits per heavy atom. The molecular formula is C12H36O7Si5. The number of aliphatic hydroxyl groups excluding tert-OH is 1. The molecule has 0 saturated heterocycles. The van der Waals surface area contributed by atoms with Crippen molar-refractivity contribution in [1.29, 1.82) is 0 Å². The monoisotopic (exact) mass is 432 g/mol. The van der Waals surface area contributed by atoms with Gasteiger partial charge in [-0.15, -0.1) is 0 Å². The zero-order valence-electron chi connectivity index (χ0n) is 17.1. The van der Waals surface area contributed by atoms with Crippen molar-refractivity contribution in [3.05, 3.63) is 0 Å². The minimum atomic E-state index is -2.94. The van der Waals surface area contributed by atoms with E-state index in [0.717, 1.165) is 0 Å². The van der Waals surface area contributed by atoms with Crippen LogP contribution in [0.15, 0.2) is 0 Å². The van der Waals surface area contributed by atoms with Gasteiger partial charge in [0.1, 0.15) is 0 Å². The van der Waals surface area contributed by atoms with Gasteiger partial charge in [-0.3, -0.25) is 0 Å². The fourth-order valence-electron chi connectivity index (χ4n) is 2.37. The molecule has 1 unspecified atom stereocenters. The molecule has 0 fully saturated rings. The molecule has 0 rings (SSSR count). The Morgan fingerprint density at radius 2 is 1.00 bits per heavy atom. The van der Waals surface area contributed by atoms with Gasteiger partial charge in [-0.05, 0) is 52.4 Å². The molecule has 0 saturated carbocycles. The Kier molecular flexibility index (Phi) is 8.95. The standard InChI is InChI=1S/C12H36O7Si5/c1-14-21(5,6)17-23(9,10)19-24(11,15-2)18-22(7,8)16-20(3,4)12-13/h13H,12H2,1-11H3. The van der Waals surface area contributed by atoms with Crippen molar-refractivity contribution in [3.8, 4) is 0 Å². The van der Waals surface area contributed by atoms with E-state index >= 15 is 0 Å². The van der Waals surface area contributed by atoms with Gasteiger partial charge < -0.3 is 30.4 Å². The molecule has 1 atom stereocenters. The van der Waals surface area contributed by atoms with Crippen LogP contribution in [0.2, 0.25) is 58.9 Å². The van der Waals surface area contributed by atoms with Crippen molar-refractivity contribution in [2.45, 2.75) is 58.9 Å². The van der Waals surface area contributed by atoms with Crippen LogP contribution in [0.25, 0.3) is 0 Å². The van der Waals surface area contributed by atoms with E-state index in [1.54, 1.807) is 14.2 Å². The number of hydrogen-bond donors (Lipinski definition) is 1. The average Bonchev–Trinajstić information content (AvgIpc) is 2.34. The molecule has 0 spiro atoms. The summed E-state index contributed by atoms with van der Waals surface area (Å²) < 4.78 is 35.9. The van der Waals surface area contributed by atoms with Gasteiger partial charge in [0.2, 0.25) is 8.32 Å². The second-order valence-corrected chi connectivity index (χ2v) is 25.8. The van der Waals surface area contributed by atoms with Crippen LogP contribution in [0.4, 0.5) is 0 Å². The lowest BCUT2D eigenvalue weighted by atomic mass is 11.7. The van der Waals surface area contributed by atoms with Crippen LogP contribution >= 0.6 is 0 Å². The topological polar surface area (TPSA) is 75.6 Å². The van der Waals surface area contributed by atoms with Gasteiger partial charge in [0.25, 0.3) is 0 Å². The van der Waals surface area contributed by atoms with E-state index in [-0.39, 0.29) is 6.23 Å². The fraction of sp³-hybridized carbons (Fsp3) is 1.00. The van der Waals surface area contributed by atoms with E-state index < -0.39 is 42.8 Å². The van der Waals surface area contributed by atoms with Crippen LogP contribution in [0.3, 0.4) is 0 Å². The molecule has 7 nitrogen and oxygen atoms in total. The molecule has 0 aliphatic heterocycles. The Labute approximate surface area is 152 Å². The first-order valence-corrected chi connectivity index (χ1v) is 21.8. The van der Waals surface area contributed by atoms with Crippen molar-refractivity contribution in [1.82, 2.24) is 0 Å². The molecule has 0 heterocycles. The largest absolute Gasteiger partial charge is 0.479 e. The van der Waals surface area contributed by atoms with Gasteiger partial charge in [-0.2, -0.15) is 0 Å². The predicted molar refractivity (Wildman–Crippen MR) is 107 cm³/mol. The first-order chi connectivity index (χ1) is 10.5. The summed E-state index contributed by atoms with van der Waals surface area (Å²) in [7, 11) is -9.10. The molecule has 0 aromatic rings. The number of aliphatic hydroxyl groups is 1. The Hall–Kier alpha value is 0.804. The second kappa shape index (κ2) is 8.66. The van der Waals surface area contributed by atoms with Gasteiger partial charge in [0, 0.05) is 20.8 Å². The van der Waals surface area contributed by atoms with E-state index in [2.05, 4.69) is 0 Å². The lowest BCUT2D eigenvalue weighted by Gasteiger charge is -2.41. The summed E-state index contributed by atoms with van der Waals surface area (Å²) in [5.74, 6) is 0. The third-order valence-electron chi connectivity index (χ3n) is 3.12.